The summed E-state index contributed by atoms with van der Waals surface area (Å²) in [7, 11) is 0. The summed E-state index contributed by atoms with van der Waals surface area (Å²) in [6.07, 6.45) is 4.66. The van der Waals surface area contributed by atoms with Crippen molar-refractivity contribution in [3.05, 3.63) is 81.9 Å². The maximum Gasteiger partial charge on any atom is 0.286 e. The van der Waals surface area contributed by atoms with E-state index in [4.69, 9.17) is 11.6 Å². The number of nitrogens with zero attached hydrogens (tertiary/aromatic N) is 2. The quantitative estimate of drug-likeness (QED) is 0.456. The third-order valence-corrected chi connectivity index (χ3v) is 4.63. The second-order valence-corrected chi connectivity index (χ2v) is 6.60. The van der Waals surface area contributed by atoms with Gasteiger partial charge in [-0.1, -0.05) is 29.8 Å². The number of carbonyl (C=O) groups excluding carboxylic acids is 2. The molecule has 0 aliphatic heterocycles. The number of hydrogen-bond donors (Lipinski definition) is 3. The molecule has 144 valence electrons. The van der Waals surface area contributed by atoms with E-state index in [0.717, 1.165) is 22.5 Å². The molecule has 2 heterocycles. The Morgan fingerprint density at radius 2 is 1.96 bits per heavy atom. The first-order valence-electron chi connectivity index (χ1n) is 8.65. The normalized spacial score (nSPS) is 11.0. The van der Waals surface area contributed by atoms with E-state index in [-0.39, 0.29) is 0 Å². The van der Waals surface area contributed by atoms with Crippen LogP contribution in [0.1, 0.15) is 33.0 Å². The minimum atomic E-state index is -0.447. The fraction of sp³-hybridized carbons (Fsp3) is 0.150. The van der Waals surface area contributed by atoms with Gasteiger partial charge >= 0.3 is 0 Å². The molecule has 8 heteroatoms. The maximum absolute atomic E-state index is 12.0. The van der Waals surface area contributed by atoms with E-state index in [1.165, 1.54) is 6.08 Å². The van der Waals surface area contributed by atoms with Gasteiger partial charge < -0.3 is 4.98 Å². The maximum atomic E-state index is 12.0. The molecule has 7 nitrogen and oxygen atoms in total. The molecule has 3 N–H and O–H groups in total. The molecule has 0 radical (unpaired) electrons. The number of carbonyl (C=O) groups is 2. The smallest absolute Gasteiger partial charge is 0.286 e. The van der Waals surface area contributed by atoms with Crippen LogP contribution in [0.2, 0.25) is 5.02 Å². The van der Waals surface area contributed by atoms with Crippen molar-refractivity contribution in [2.24, 2.45) is 0 Å². The molecule has 3 aromatic rings. The van der Waals surface area contributed by atoms with E-state index in [0.29, 0.717) is 17.3 Å². The Labute approximate surface area is 167 Å². The van der Waals surface area contributed by atoms with Gasteiger partial charge in [-0.2, -0.15) is 5.10 Å². The van der Waals surface area contributed by atoms with Crippen molar-refractivity contribution in [2.75, 3.05) is 0 Å². The SMILES string of the molecule is Cc1nn(Cc2ccccc2Cl)c(C)c1/C=C/C(=O)NNC(=O)c1ccc[nH]1. The molecule has 0 spiro atoms. The second-order valence-electron chi connectivity index (χ2n) is 6.19. The zero-order chi connectivity index (χ0) is 20.1. The van der Waals surface area contributed by atoms with Crippen LogP contribution in [0.5, 0.6) is 0 Å². The number of benzene rings is 1. The highest BCUT2D eigenvalue weighted by molar-refractivity contribution is 6.31. The van der Waals surface area contributed by atoms with Gasteiger partial charge in [0.1, 0.15) is 5.69 Å². The Morgan fingerprint density at radius 1 is 1.18 bits per heavy atom. The molecule has 0 aliphatic carbocycles. The van der Waals surface area contributed by atoms with Gasteiger partial charge in [0.05, 0.1) is 12.2 Å². The Morgan fingerprint density at radius 3 is 2.68 bits per heavy atom. The van der Waals surface area contributed by atoms with Crippen molar-refractivity contribution >= 4 is 29.5 Å². The molecule has 0 fully saturated rings. The average molecular weight is 398 g/mol. The molecule has 28 heavy (non-hydrogen) atoms. The van der Waals surface area contributed by atoms with E-state index in [2.05, 4.69) is 20.9 Å². The zero-order valence-corrected chi connectivity index (χ0v) is 16.2. The Bertz CT molecular complexity index is 1020. The number of rotatable bonds is 5. The molecule has 2 aromatic heterocycles. The first-order valence-corrected chi connectivity index (χ1v) is 9.02. The summed E-state index contributed by atoms with van der Waals surface area (Å²) in [5.41, 5.74) is 8.56. The number of amides is 2. The summed E-state index contributed by atoms with van der Waals surface area (Å²) < 4.78 is 1.85. The lowest BCUT2D eigenvalue weighted by Crippen LogP contribution is -2.40. The molecular weight excluding hydrogens is 378 g/mol. The first-order chi connectivity index (χ1) is 13.5. The van der Waals surface area contributed by atoms with Gasteiger partial charge in [0, 0.05) is 28.6 Å². The van der Waals surface area contributed by atoms with Crippen LogP contribution in [-0.2, 0) is 11.3 Å². The standard InChI is InChI=1S/C20H20ClN5O2/c1-13-16(9-10-19(27)23-24-20(28)18-8-5-11-22-18)14(2)26(25-13)12-15-6-3-4-7-17(15)21/h3-11,22H,12H2,1-2H3,(H,23,27)(H,24,28)/b10-9+. The van der Waals surface area contributed by atoms with Crippen molar-refractivity contribution in [3.63, 3.8) is 0 Å². The van der Waals surface area contributed by atoms with Crippen LogP contribution in [-0.4, -0.2) is 26.6 Å². The van der Waals surface area contributed by atoms with Crippen LogP contribution >= 0.6 is 11.6 Å². The first kappa shape index (κ1) is 19.4. The monoisotopic (exact) mass is 397 g/mol. The largest absolute Gasteiger partial charge is 0.357 e. The lowest BCUT2D eigenvalue weighted by Gasteiger charge is -2.06. The van der Waals surface area contributed by atoms with Crippen LogP contribution < -0.4 is 10.9 Å². The highest BCUT2D eigenvalue weighted by Gasteiger charge is 2.11. The average Bonchev–Trinajstić information content (AvgIpc) is 3.30. The lowest BCUT2D eigenvalue weighted by molar-refractivity contribution is -0.117. The number of aryl methyl sites for hydroxylation is 1. The highest BCUT2D eigenvalue weighted by atomic mass is 35.5. The molecule has 2 amide bonds. The zero-order valence-electron chi connectivity index (χ0n) is 15.5. The van der Waals surface area contributed by atoms with Gasteiger partial charge in [-0.3, -0.25) is 25.1 Å². The van der Waals surface area contributed by atoms with Gasteiger partial charge in [0.15, 0.2) is 0 Å². The number of nitrogens with one attached hydrogen (secondary N) is 3. The second kappa shape index (κ2) is 8.58. The van der Waals surface area contributed by atoms with Crippen molar-refractivity contribution < 1.29 is 9.59 Å². The van der Waals surface area contributed by atoms with Crippen molar-refractivity contribution in [1.82, 2.24) is 25.6 Å². The number of aromatic amines is 1. The van der Waals surface area contributed by atoms with Gasteiger partial charge in [0.25, 0.3) is 11.8 Å². The summed E-state index contributed by atoms with van der Waals surface area (Å²) in [6, 6.07) is 10.9. The van der Waals surface area contributed by atoms with Crippen LogP contribution in [0, 0.1) is 13.8 Å². The molecule has 0 bridgehead atoms. The minimum absolute atomic E-state index is 0.358. The molecule has 0 unspecified atom stereocenters. The van der Waals surface area contributed by atoms with E-state index in [1.807, 2.05) is 42.8 Å². The summed E-state index contributed by atoms with van der Waals surface area (Å²) in [6.45, 7) is 4.35. The summed E-state index contributed by atoms with van der Waals surface area (Å²) in [4.78, 5) is 26.5. The number of H-pyrrole nitrogens is 1. The number of aromatic nitrogens is 3. The predicted molar refractivity (Wildman–Crippen MR) is 108 cm³/mol. The van der Waals surface area contributed by atoms with E-state index in [1.54, 1.807) is 24.4 Å². The van der Waals surface area contributed by atoms with E-state index in [9.17, 15) is 9.59 Å². The van der Waals surface area contributed by atoms with Crippen molar-refractivity contribution in [1.29, 1.82) is 0 Å². The van der Waals surface area contributed by atoms with Gasteiger partial charge in [-0.05, 0) is 43.7 Å². The molecular formula is C20H20ClN5O2. The van der Waals surface area contributed by atoms with Crippen molar-refractivity contribution in [3.8, 4) is 0 Å². The summed E-state index contributed by atoms with van der Waals surface area (Å²) in [5.74, 6) is -0.871. The summed E-state index contributed by atoms with van der Waals surface area (Å²) in [5, 5.41) is 5.22. The lowest BCUT2D eigenvalue weighted by atomic mass is 10.1. The Balaban J connectivity index is 1.65. The minimum Gasteiger partial charge on any atom is -0.357 e. The molecule has 1 aromatic carbocycles. The molecule has 0 atom stereocenters. The third-order valence-electron chi connectivity index (χ3n) is 4.26. The van der Waals surface area contributed by atoms with Gasteiger partial charge in [-0.15, -0.1) is 0 Å². The van der Waals surface area contributed by atoms with E-state index < -0.39 is 11.8 Å². The third kappa shape index (κ3) is 4.50. The number of hydrazine groups is 1. The Hall–Kier alpha value is -3.32. The van der Waals surface area contributed by atoms with Crippen LogP contribution in [0.4, 0.5) is 0 Å². The molecule has 0 aliphatic rings. The Kier molecular flexibility index (Phi) is 5.96. The van der Waals surface area contributed by atoms with Crippen molar-refractivity contribution in [2.45, 2.75) is 20.4 Å². The molecule has 3 rings (SSSR count). The number of hydrogen-bond acceptors (Lipinski definition) is 3. The summed E-state index contributed by atoms with van der Waals surface area (Å²) >= 11 is 6.23. The highest BCUT2D eigenvalue weighted by Crippen LogP contribution is 2.20. The molecule has 0 saturated carbocycles. The van der Waals surface area contributed by atoms with Crippen LogP contribution in [0.3, 0.4) is 0 Å². The van der Waals surface area contributed by atoms with Crippen LogP contribution in [0.25, 0.3) is 6.08 Å². The van der Waals surface area contributed by atoms with Gasteiger partial charge in [-0.25, -0.2) is 0 Å². The number of halogens is 1. The predicted octanol–water partition coefficient (Wildman–Crippen LogP) is 3.00. The molecule has 0 saturated heterocycles. The topological polar surface area (TPSA) is 91.8 Å². The fourth-order valence-corrected chi connectivity index (χ4v) is 2.95. The fourth-order valence-electron chi connectivity index (χ4n) is 2.75. The van der Waals surface area contributed by atoms with E-state index >= 15 is 0 Å². The van der Waals surface area contributed by atoms with Gasteiger partial charge in [0.2, 0.25) is 0 Å². The van der Waals surface area contributed by atoms with Crippen LogP contribution in [0.15, 0.2) is 48.7 Å².